The van der Waals surface area contributed by atoms with E-state index in [9.17, 15) is 9.59 Å². The number of benzene rings is 2. The molecule has 4 rings (SSSR count). The molecule has 1 aliphatic heterocycles. The average molecular weight is 527 g/mol. The molecule has 9 heteroatoms. The predicted molar refractivity (Wildman–Crippen MR) is 131 cm³/mol. The monoisotopic (exact) mass is 526 g/mol. The highest BCUT2D eigenvalue weighted by Gasteiger charge is 2.35. The van der Waals surface area contributed by atoms with Gasteiger partial charge in [0.15, 0.2) is 5.78 Å². The molecule has 0 fully saturated rings. The van der Waals surface area contributed by atoms with Gasteiger partial charge in [-0.25, -0.2) is 9.48 Å². The highest BCUT2D eigenvalue weighted by Crippen LogP contribution is 2.36. The van der Waals surface area contributed by atoms with E-state index in [1.165, 1.54) is 11.8 Å². The fourth-order valence-corrected chi connectivity index (χ4v) is 4.56. The third kappa shape index (κ3) is 5.04. The Balaban J connectivity index is 1.63. The molecular weight excluding hydrogens is 504 g/mol. The van der Waals surface area contributed by atoms with Crippen molar-refractivity contribution in [3.63, 3.8) is 0 Å². The second-order valence-corrected chi connectivity index (χ2v) is 9.44. The number of Topliss-reactive ketones (excluding diaryl/α,β-unsaturated/α-hetero) is 1. The molecule has 0 aliphatic carbocycles. The number of aromatic nitrogens is 3. The molecular formula is C24H23BrN4O3S. The van der Waals surface area contributed by atoms with Gasteiger partial charge in [0.25, 0.3) is 0 Å². The van der Waals surface area contributed by atoms with Crippen molar-refractivity contribution in [2.24, 2.45) is 0 Å². The quantitative estimate of drug-likeness (QED) is 0.258. The van der Waals surface area contributed by atoms with Gasteiger partial charge >= 0.3 is 5.97 Å². The molecule has 0 saturated carbocycles. The second-order valence-electron chi connectivity index (χ2n) is 7.58. The third-order valence-corrected chi connectivity index (χ3v) is 6.59. The van der Waals surface area contributed by atoms with E-state index in [0.717, 1.165) is 15.6 Å². The summed E-state index contributed by atoms with van der Waals surface area (Å²) in [5.74, 6) is 0.320. The molecule has 0 unspecified atom stereocenters. The second kappa shape index (κ2) is 9.93. The van der Waals surface area contributed by atoms with E-state index in [2.05, 4.69) is 31.3 Å². The first kappa shape index (κ1) is 23.3. The van der Waals surface area contributed by atoms with Crippen molar-refractivity contribution < 1.29 is 14.3 Å². The molecule has 33 heavy (non-hydrogen) atoms. The van der Waals surface area contributed by atoms with Crippen LogP contribution in [0.15, 0.2) is 69.4 Å². The number of hydrogen-bond acceptors (Lipinski definition) is 7. The molecule has 1 atom stereocenters. The summed E-state index contributed by atoms with van der Waals surface area (Å²) in [6, 6.07) is 14.7. The van der Waals surface area contributed by atoms with Crippen LogP contribution in [0.25, 0.3) is 0 Å². The number of allylic oxidation sites excluding steroid dienone is 1. The Morgan fingerprint density at radius 3 is 2.48 bits per heavy atom. The summed E-state index contributed by atoms with van der Waals surface area (Å²) >= 11 is 4.64. The first-order valence-corrected chi connectivity index (χ1v) is 12.2. The predicted octanol–water partition coefficient (Wildman–Crippen LogP) is 5.18. The molecule has 0 spiro atoms. The fraction of sp³-hybridized carbons (Fsp3) is 0.250. The summed E-state index contributed by atoms with van der Waals surface area (Å²) in [5.41, 5.74) is 3.81. The molecule has 0 amide bonds. The Kier molecular flexibility index (Phi) is 6.99. The van der Waals surface area contributed by atoms with Crippen LogP contribution in [0.2, 0.25) is 0 Å². The van der Waals surface area contributed by atoms with E-state index in [4.69, 9.17) is 4.74 Å². The van der Waals surface area contributed by atoms with Crippen molar-refractivity contribution >= 4 is 45.4 Å². The largest absolute Gasteiger partial charge is 0.463 e. The van der Waals surface area contributed by atoms with Crippen LogP contribution in [0, 0.1) is 6.92 Å². The number of esters is 1. The normalized spacial score (nSPS) is 15.1. The number of ether oxygens (including phenoxy) is 1. The summed E-state index contributed by atoms with van der Waals surface area (Å²) in [4.78, 5) is 30.0. The maximum Gasteiger partial charge on any atom is 0.338 e. The SMILES string of the molecule is CCOC(=O)C1=C(C)Nc2nc(SCC(=O)c3ccc(Br)cc3)nn2[C@@H]1c1ccc(C)cc1. The number of anilines is 1. The lowest BCUT2D eigenvalue weighted by Gasteiger charge is -2.28. The van der Waals surface area contributed by atoms with Crippen LogP contribution >= 0.6 is 27.7 Å². The molecule has 1 aliphatic rings. The standard InChI is InChI=1S/C24H23BrN4O3S/c1-4-32-22(31)20-15(3)26-23-27-24(33-13-19(30)16-9-11-18(25)12-10-16)28-29(23)21(20)17-7-5-14(2)6-8-17/h5-12,21H,4,13H2,1-3H3,(H,26,27,28)/t21-/m1/s1. The minimum atomic E-state index is -0.482. The van der Waals surface area contributed by atoms with Gasteiger partial charge in [-0.2, -0.15) is 4.98 Å². The van der Waals surface area contributed by atoms with Crippen LogP contribution in [-0.4, -0.2) is 38.9 Å². The summed E-state index contributed by atoms with van der Waals surface area (Å²) in [6.45, 7) is 5.90. The van der Waals surface area contributed by atoms with Crippen molar-refractivity contribution in [1.82, 2.24) is 14.8 Å². The van der Waals surface area contributed by atoms with Gasteiger partial charge in [-0.15, -0.1) is 5.10 Å². The van der Waals surface area contributed by atoms with Crippen LogP contribution < -0.4 is 5.32 Å². The Labute approximate surface area is 204 Å². The summed E-state index contributed by atoms with van der Waals surface area (Å²) < 4.78 is 7.94. The Bertz CT molecular complexity index is 1220. The number of halogens is 1. The van der Waals surface area contributed by atoms with Crippen molar-refractivity contribution in [3.05, 3.63) is 81.0 Å². The molecule has 170 valence electrons. The van der Waals surface area contributed by atoms with E-state index in [-0.39, 0.29) is 18.1 Å². The minimum Gasteiger partial charge on any atom is -0.463 e. The summed E-state index contributed by atoms with van der Waals surface area (Å²) in [6.07, 6.45) is 0. The van der Waals surface area contributed by atoms with Gasteiger partial charge in [-0.05, 0) is 38.5 Å². The topological polar surface area (TPSA) is 86.1 Å². The van der Waals surface area contributed by atoms with Crippen molar-refractivity contribution in [3.8, 4) is 0 Å². The van der Waals surface area contributed by atoms with Gasteiger partial charge in [-0.1, -0.05) is 69.7 Å². The number of fused-ring (bicyclic) bond motifs is 1. The lowest BCUT2D eigenvalue weighted by molar-refractivity contribution is -0.139. The number of nitrogens with one attached hydrogen (secondary N) is 1. The van der Waals surface area contributed by atoms with Crippen LogP contribution in [-0.2, 0) is 9.53 Å². The summed E-state index contributed by atoms with van der Waals surface area (Å²) in [5, 5.41) is 8.27. The van der Waals surface area contributed by atoms with E-state index in [0.29, 0.717) is 27.9 Å². The molecule has 1 aromatic heterocycles. The zero-order valence-corrected chi connectivity index (χ0v) is 20.9. The van der Waals surface area contributed by atoms with E-state index >= 15 is 0 Å². The fourth-order valence-electron chi connectivity index (χ4n) is 3.57. The number of nitrogens with zero attached hydrogens (tertiary/aromatic N) is 3. The molecule has 3 aromatic rings. The highest BCUT2D eigenvalue weighted by atomic mass is 79.9. The lowest BCUT2D eigenvalue weighted by Crippen LogP contribution is -2.29. The lowest BCUT2D eigenvalue weighted by atomic mass is 9.95. The number of thioether (sulfide) groups is 1. The maximum absolute atomic E-state index is 12.8. The van der Waals surface area contributed by atoms with Gasteiger partial charge in [0.05, 0.1) is 17.9 Å². The zero-order valence-electron chi connectivity index (χ0n) is 18.5. The van der Waals surface area contributed by atoms with Gasteiger partial charge < -0.3 is 10.1 Å². The number of ketones is 1. The Morgan fingerprint density at radius 2 is 1.82 bits per heavy atom. The van der Waals surface area contributed by atoms with E-state index < -0.39 is 12.0 Å². The van der Waals surface area contributed by atoms with Crippen molar-refractivity contribution in [2.45, 2.75) is 32.0 Å². The summed E-state index contributed by atoms with van der Waals surface area (Å²) in [7, 11) is 0. The highest BCUT2D eigenvalue weighted by molar-refractivity contribution is 9.10. The number of carbonyl (C=O) groups excluding carboxylic acids is 2. The zero-order chi connectivity index (χ0) is 23.5. The Hall–Kier alpha value is -2.91. The molecule has 2 aromatic carbocycles. The average Bonchev–Trinajstić information content (AvgIpc) is 3.20. The molecule has 0 saturated heterocycles. The molecule has 7 nitrogen and oxygen atoms in total. The first-order valence-electron chi connectivity index (χ1n) is 10.5. The number of aryl methyl sites for hydroxylation is 1. The molecule has 0 radical (unpaired) electrons. The van der Waals surface area contributed by atoms with Crippen LogP contribution in [0.1, 0.15) is 41.4 Å². The Morgan fingerprint density at radius 1 is 1.12 bits per heavy atom. The molecule has 2 heterocycles. The first-order chi connectivity index (χ1) is 15.9. The van der Waals surface area contributed by atoms with E-state index in [1.807, 2.05) is 50.2 Å². The number of rotatable bonds is 7. The number of carbonyl (C=O) groups is 2. The van der Waals surface area contributed by atoms with Crippen LogP contribution in [0.4, 0.5) is 5.95 Å². The van der Waals surface area contributed by atoms with Crippen LogP contribution in [0.5, 0.6) is 0 Å². The van der Waals surface area contributed by atoms with Gasteiger partial charge in [0.1, 0.15) is 6.04 Å². The van der Waals surface area contributed by atoms with Gasteiger partial charge in [-0.3, -0.25) is 4.79 Å². The van der Waals surface area contributed by atoms with E-state index in [1.54, 1.807) is 23.7 Å². The van der Waals surface area contributed by atoms with Crippen LogP contribution in [0.3, 0.4) is 0 Å². The van der Waals surface area contributed by atoms with Gasteiger partial charge in [0.2, 0.25) is 11.1 Å². The number of hydrogen-bond donors (Lipinski definition) is 1. The minimum absolute atomic E-state index is 0.00941. The van der Waals surface area contributed by atoms with Crippen molar-refractivity contribution in [2.75, 3.05) is 17.7 Å². The molecule has 1 N–H and O–H groups in total. The molecule has 0 bridgehead atoms. The maximum atomic E-state index is 12.8. The van der Waals surface area contributed by atoms with Gasteiger partial charge in [0, 0.05) is 15.7 Å². The van der Waals surface area contributed by atoms with Crippen molar-refractivity contribution in [1.29, 1.82) is 0 Å². The smallest absolute Gasteiger partial charge is 0.338 e. The third-order valence-electron chi connectivity index (χ3n) is 5.22.